The van der Waals surface area contributed by atoms with Gasteiger partial charge in [0.2, 0.25) is 0 Å². The molecule has 0 atom stereocenters. The fourth-order valence-electron chi connectivity index (χ4n) is 1.34. The van der Waals surface area contributed by atoms with Gasteiger partial charge in [0.1, 0.15) is 15.4 Å². The summed E-state index contributed by atoms with van der Waals surface area (Å²) in [5, 5.41) is 1.39. The van der Waals surface area contributed by atoms with Gasteiger partial charge >= 0.3 is 0 Å². The monoisotopic (exact) mass is 210 g/mol. The van der Waals surface area contributed by atoms with Crippen LogP contribution in [0.1, 0.15) is 13.8 Å². The summed E-state index contributed by atoms with van der Waals surface area (Å²) >= 11 is 0. The summed E-state index contributed by atoms with van der Waals surface area (Å²) in [5.41, 5.74) is 0. The molecule has 0 N–H and O–H groups in total. The average Bonchev–Trinajstić information content (AvgIpc) is 2.20. The molecule has 0 heterocycles. The molecule has 0 fully saturated rings. The van der Waals surface area contributed by atoms with Crippen molar-refractivity contribution in [3.63, 3.8) is 0 Å². The van der Waals surface area contributed by atoms with Gasteiger partial charge in [0.25, 0.3) is 0 Å². The van der Waals surface area contributed by atoms with Crippen molar-refractivity contribution in [2.75, 3.05) is 13.2 Å². The fraction of sp³-hybridized carbons (Fsp3) is 0.455. The number of benzene rings is 1. The largest absolute Gasteiger partial charge is 0.357 e. The van der Waals surface area contributed by atoms with Crippen LogP contribution < -0.4 is 5.19 Å². The van der Waals surface area contributed by atoms with Gasteiger partial charge in [0, 0.05) is 13.2 Å². The van der Waals surface area contributed by atoms with Crippen molar-refractivity contribution in [2.24, 2.45) is 0 Å². The minimum absolute atomic E-state index is 0.0346. The number of rotatable bonds is 6. The first-order valence-corrected chi connectivity index (χ1v) is 6.66. The van der Waals surface area contributed by atoms with Crippen LogP contribution in [0.4, 0.5) is 0 Å². The highest BCUT2D eigenvalue weighted by Crippen LogP contribution is 1.93. The molecule has 1 rings (SSSR count). The molecule has 2 nitrogen and oxygen atoms in total. The van der Waals surface area contributed by atoms with E-state index < -0.39 is 9.52 Å². The molecule has 78 valence electrons. The van der Waals surface area contributed by atoms with E-state index in [1.807, 2.05) is 19.9 Å². The van der Waals surface area contributed by atoms with Crippen molar-refractivity contribution in [3.05, 3.63) is 30.3 Å². The normalized spacial score (nSPS) is 11.6. The van der Waals surface area contributed by atoms with Crippen LogP contribution in [0, 0.1) is 0 Å². The Bertz CT molecular complexity index is 232. The van der Waals surface area contributed by atoms with Gasteiger partial charge < -0.3 is 9.47 Å². The molecular weight excluding hydrogens is 192 g/mol. The summed E-state index contributed by atoms with van der Waals surface area (Å²) in [4.78, 5) is 0. The molecule has 14 heavy (non-hydrogen) atoms. The summed E-state index contributed by atoms with van der Waals surface area (Å²) in [5.74, 6) is 0.0346. The minimum Gasteiger partial charge on any atom is -0.357 e. The van der Waals surface area contributed by atoms with Crippen molar-refractivity contribution in [1.82, 2.24) is 0 Å². The highest BCUT2D eigenvalue weighted by molar-refractivity contribution is 6.54. The zero-order valence-corrected chi connectivity index (χ0v) is 10.3. The summed E-state index contributed by atoms with van der Waals surface area (Å²) in [7, 11) is -0.464. The lowest BCUT2D eigenvalue weighted by Crippen LogP contribution is -2.32. The minimum atomic E-state index is -0.464. The van der Waals surface area contributed by atoms with E-state index in [2.05, 4.69) is 24.3 Å². The Balaban J connectivity index is 2.46. The van der Waals surface area contributed by atoms with E-state index in [1.165, 1.54) is 5.19 Å². The smallest absolute Gasteiger partial charge is 0.139 e. The van der Waals surface area contributed by atoms with Gasteiger partial charge in [-0.25, -0.2) is 0 Å². The average molecular weight is 210 g/mol. The quantitative estimate of drug-likeness (QED) is 0.512. The second-order valence-electron chi connectivity index (χ2n) is 3.03. The van der Waals surface area contributed by atoms with Gasteiger partial charge in [-0.2, -0.15) is 0 Å². The molecular formula is C11H18O2Si. The SMILES string of the molecule is CCOC(OCC)[SiH2]c1ccccc1. The van der Waals surface area contributed by atoms with E-state index in [4.69, 9.17) is 9.47 Å². The van der Waals surface area contributed by atoms with Crippen LogP contribution >= 0.6 is 0 Å². The van der Waals surface area contributed by atoms with Gasteiger partial charge in [0.15, 0.2) is 0 Å². The van der Waals surface area contributed by atoms with Crippen LogP contribution in [-0.4, -0.2) is 28.6 Å². The fourth-order valence-corrected chi connectivity index (χ4v) is 2.98. The molecule has 0 unspecified atom stereocenters. The second kappa shape index (κ2) is 6.76. The maximum absolute atomic E-state index is 5.53. The molecule has 0 spiro atoms. The molecule has 0 aliphatic rings. The summed E-state index contributed by atoms with van der Waals surface area (Å²) in [6.07, 6.45) is 0. The second-order valence-corrected chi connectivity index (χ2v) is 4.92. The van der Waals surface area contributed by atoms with E-state index in [0.29, 0.717) is 0 Å². The zero-order valence-electron chi connectivity index (χ0n) is 8.90. The van der Waals surface area contributed by atoms with Crippen LogP contribution in [0.25, 0.3) is 0 Å². The standard InChI is InChI=1S/C11H18O2Si/c1-3-12-11(13-4-2)14-10-8-6-5-7-9-10/h5-9,11H,3-4,14H2,1-2H3. The van der Waals surface area contributed by atoms with Crippen LogP contribution in [0.15, 0.2) is 30.3 Å². The van der Waals surface area contributed by atoms with Gasteiger partial charge in [-0.1, -0.05) is 35.5 Å². The Labute approximate surface area is 88.1 Å². The van der Waals surface area contributed by atoms with Gasteiger partial charge in [-0.05, 0) is 13.8 Å². The van der Waals surface area contributed by atoms with Gasteiger partial charge in [-0.15, -0.1) is 0 Å². The topological polar surface area (TPSA) is 18.5 Å². The highest BCUT2D eigenvalue weighted by atomic mass is 28.2. The third kappa shape index (κ3) is 4.04. The Kier molecular flexibility index (Phi) is 5.52. The number of hydrogen-bond donors (Lipinski definition) is 0. The highest BCUT2D eigenvalue weighted by Gasteiger charge is 2.08. The third-order valence-corrected chi connectivity index (χ3v) is 3.70. The van der Waals surface area contributed by atoms with Crippen LogP contribution in [0.3, 0.4) is 0 Å². The molecule has 0 saturated heterocycles. The predicted molar refractivity (Wildman–Crippen MR) is 61.7 cm³/mol. The van der Waals surface area contributed by atoms with Crippen molar-refractivity contribution < 1.29 is 9.47 Å². The Morgan fingerprint density at radius 2 is 1.64 bits per heavy atom. The number of ether oxygens (including phenoxy) is 2. The Morgan fingerprint density at radius 1 is 1.07 bits per heavy atom. The van der Waals surface area contributed by atoms with Crippen molar-refractivity contribution in [1.29, 1.82) is 0 Å². The molecule has 1 aromatic rings. The Hall–Kier alpha value is -0.643. The maximum Gasteiger partial charge on any atom is 0.139 e. The summed E-state index contributed by atoms with van der Waals surface area (Å²) < 4.78 is 11.1. The van der Waals surface area contributed by atoms with E-state index in [-0.39, 0.29) is 5.91 Å². The first kappa shape index (κ1) is 11.4. The predicted octanol–water partition coefficient (Wildman–Crippen LogP) is 0.837. The van der Waals surface area contributed by atoms with Gasteiger partial charge in [0.05, 0.1) is 0 Å². The third-order valence-electron chi connectivity index (χ3n) is 1.95. The van der Waals surface area contributed by atoms with E-state index in [1.54, 1.807) is 0 Å². The molecule has 0 radical (unpaired) electrons. The zero-order chi connectivity index (χ0) is 10.2. The van der Waals surface area contributed by atoms with E-state index in [0.717, 1.165) is 13.2 Å². The van der Waals surface area contributed by atoms with Crippen LogP contribution in [-0.2, 0) is 9.47 Å². The first-order valence-electron chi connectivity index (χ1n) is 5.14. The van der Waals surface area contributed by atoms with Crippen molar-refractivity contribution >= 4 is 14.7 Å². The maximum atomic E-state index is 5.53. The summed E-state index contributed by atoms with van der Waals surface area (Å²) in [6, 6.07) is 10.5. The molecule has 0 aromatic heterocycles. The van der Waals surface area contributed by atoms with Gasteiger partial charge in [-0.3, -0.25) is 0 Å². The van der Waals surface area contributed by atoms with Crippen molar-refractivity contribution in [2.45, 2.75) is 19.8 Å². The lowest BCUT2D eigenvalue weighted by molar-refractivity contribution is -0.0817. The molecule has 0 aliphatic heterocycles. The van der Waals surface area contributed by atoms with E-state index in [9.17, 15) is 0 Å². The molecule has 0 aliphatic carbocycles. The number of hydrogen-bond acceptors (Lipinski definition) is 2. The van der Waals surface area contributed by atoms with Crippen molar-refractivity contribution in [3.8, 4) is 0 Å². The molecule has 1 aromatic carbocycles. The van der Waals surface area contributed by atoms with Crippen LogP contribution in [0.5, 0.6) is 0 Å². The molecule has 0 bridgehead atoms. The first-order chi connectivity index (χ1) is 6.86. The van der Waals surface area contributed by atoms with Crippen LogP contribution in [0.2, 0.25) is 0 Å². The lowest BCUT2D eigenvalue weighted by Gasteiger charge is -2.16. The molecule has 0 amide bonds. The molecule has 0 saturated carbocycles. The molecule has 3 heteroatoms. The van der Waals surface area contributed by atoms with E-state index >= 15 is 0 Å². The Morgan fingerprint density at radius 3 is 2.14 bits per heavy atom. The summed E-state index contributed by atoms with van der Waals surface area (Å²) in [6.45, 7) is 5.46. The lowest BCUT2D eigenvalue weighted by atomic mass is 10.4.